The summed E-state index contributed by atoms with van der Waals surface area (Å²) in [5.74, 6) is -0.254. The van der Waals surface area contributed by atoms with Gasteiger partial charge in [-0.2, -0.15) is 0 Å². The van der Waals surface area contributed by atoms with Crippen molar-refractivity contribution in [3.8, 4) is 5.75 Å². The summed E-state index contributed by atoms with van der Waals surface area (Å²) in [5.41, 5.74) is 0.141. The van der Waals surface area contributed by atoms with E-state index < -0.39 is 5.97 Å². The van der Waals surface area contributed by atoms with Crippen molar-refractivity contribution < 1.29 is 19.4 Å². The van der Waals surface area contributed by atoms with Crippen LogP contribution in [0, 0.1) is 0 Å². The second kappa shape index (κ2) is 6.40. The van der Waals surface area contributed by atoms with Gasteiger partial charge in [0.2, 0.25) is 0 Å². The second-order valence-corrected chi connectivity index (χ2v) is 4.99. The molecule has 0 amide bonds. The zero-order valence-electron chi connectivity index (χ0n) is 11.1. The third kappa shape index (κ3) is 5.68. The lowest BCUT2D eigenvalue weighted by Crippen LogP contribution is -2.20. The van der Waals surface area contributed by atoms with Gasteiger partial charge in [0.15, 0.2) is 0 Å². The average molecular weight is 252 g/mol. The van der Waals surface area contributed by atoms with Crippen molar-refractivity contribution in [2.75, 3.05) is 13.2 Å². The molecule has 0 aliphatic rings. The third-order valence-electron chi connectivity index (χ3n) is 2.19. The number of carboxylic acid groups (broad SMARTS) is 1. The van der Waals surface area contributed by atoms with Crippen molar-refractivity contribution in [3.05, 3.63) is 29.8 Å². The third-order valence-corrected chi connectivity index (χ3v) is 2.19. The molecule has 0 aliphatic carbocycles. The van der Waals surface area contributed by atoms with E-state index in [4.69, 9.17) is 14.6 Å². The fourth-order valence-corrected chi connectivity index (χ4v) is 1.32. The quantitative estimate of drug-likeness (QED) is 0.791. The Morgan fingerprint density at radius 1 is 1.17 bits per heavy atom. The van der Waals surface area contributed by atoms with Crippen molar-refractivity contribution in [3.63, 3.8) is 0 Å². The Bertz CT molecular complexity index is 376. The maximum atomic E-state index is 10.6. The van der Waals surface area contributed by atoms with Crippen LogP contribution >= 0.6 is 0 Å². The molecule has 0 aromatic heterocycles. The number of benzene rings is 1. The van der Waals surface area contributed by atoms with E-state index >= 15 is 0 Å². The number of hydrogen-bond donors (Lipinski definition) is 1. The first-order valence-electron chi connectivity index (χ1n) is 5.98. The van der Waals surface area contributed by atoms with Crippen LogP contribution in [0.2, 0.25) is 0 Å². The lowest BCUT2D eigenvalue weighted by atomic mass is 10.2. The molecule has 0 saturated carbocycles. The van der Waals surface area contributed by atoms with Crippen LogP contribution in [0.3, 0.4) is 0 Å². The van der Waals surface area contributed by atoms with Gasteiger partial charge in [0.05, 0.1) is 24.4 Å². The van der Waals surface area contributed by atoms with Crippen LogP contribution in [0.4, 0.5) is 0 Å². The van der Waals surface area contributed by atoms with E-state index in [1.807, 2.05) is 20.8 Å². The maximum absolute atomic E-state index is 10.6. The van der Waals surface area contributed by atoms with Crippen LogP contribution in [0.1, 0.15) is 37.6 Å². The lowest BCUT2D eigenvalue weighted by molar-refractivity contribution is -0.00769. The molecule has 4 heteroatoms. The van der Waals surface area contributed by atoms with Crippen LogP contribution < -0.4 is 4.74 Å². The van der Waals surface area contributed by atoms with Crippen LogP contribution in [0.5, 0.6) is 5.75 Å². The fourth-order valence-electron chi connectivity index (χ4n) is 1.32. The molecular formula is C14H20O4. The zero-order valence-corrected chi connectivity index (χ0v) is 11.1. The van der Waals surface area contributed by atoms with Gasteiger partial charge in [-0.15, -0.1) is 0 Å². The van der Waals surface area contributed by atoms with Crippen LogP contribution in [-0.2, 0) is 4.74 Å². The lowest BCUT2D eigenvalue weighted by Gasteiger charge is -2.19. The molecule has 0 fully saturated rings. The Hall–Kier alpha value is -1.55. The molecule has 18 heavy (non-hydrogen) atoms. The fraction of sp³-hybridized carbons (Fsp3) is 0.500. The van der Waals surface area contributed by atoms with Crippen molar-refractivity contribution >= 4 is 5.97 Å². The van der Waals surface area contributed by atoms with Gasteiger partial charge in [0, 0.05) is 6.42 Å². The number of carbonyl (C=O) groups is 1. The van der Waals surface area contributed by atoms with Crippen LogP contribution in [0.15, 0.2) is 24.3 Å². The van der Waals surface area contributed by atoms with Gasteiger partial charge in [0.1, 0.15) is 5.75 Å². The minimum absolute atomic E-state index is 0.122. The summed E-state index contributed by atoms with van der Waals surface area (Å²) in [6.07, 6.45) is 0.804. The Balaban J connectivity index is 2.25. The Labute approximate surface area is 108 Å². The molecule has 1 aromatic carbocycles. The van der Waals surface area contributed by atoms with Crippen LogP contribution in [0.25, 0.3) is 0 Å². The maximum Gasteiger partial charge on any atom is 0.335 e. The molecule has 0 saturated heterocycles. The molecule has 4 nitrogen and oxygen atoms in total. The minimum Gasteiger partial charge on any atom is -0.494 e. The molecule has 100 valence electrons. The van der Waals surface area contributed by atoms with E-state index in [9.17, 15) is 4.79 Å². The molecule has 0 unspecified atom stereocenters. The molecule has 0 bridgehead atoms. The SMILES string of the molecule is CC(C)(C)OCCCOc1ccc(C(=O)O)cc1. The Morgan fingerprint density at radius 2 is 1.78 bits per heavy atom. The highest BCUT2D eigenvalue weighted by atomic mass is 16.5. The normalized spacial score (nSPS) is 11.3. The average Bonchev–Trinajstić information content (AvgIpc) is 2.27. The predicted octanol–water partition coefficient (Wildman–Crippen LogP) is 2.97. The summed E-state index contributed by atoms with van der Waals surface area (Å²) < 4.78 is 11.0. The molecule has 1 N–H and O–H groups in total. The smallest absolute Gasteiger partial charge is 0.335 e. The van der Waals surface area contributed by atoms with Crippen molar-refractivity contribution in [1.29, 1.82) is 0 Å². The summed E-state index contributed by atoms with van der Waals surface area (Å²) in [6.45, 7) is 7.24. The first-order valence-corrected chi connectivity index (χ1v) is 5.98. The molecule has 0 heterocycles. The van der Waals surface area contributed by atoms with Gasteiger partial charge in [-0.1, -0.05) is 0 Å². The van der Waals surface area contributed by atoms with E-state index in [1.54, 1.807) is 12.1 Å². The first-order chi connectivity index (χ1) is 8.38. The van der Waals surface area contributed by atoms with Gasteiger partial charge in [-0.25, -0.2) is 4.79 Å². The zero-order chi connectivity index (χ0) is 13.6. The molecule has 1 aromatic rings. The van der Waals surface area contributed by atoms with Gasteiger partial charge < -0.3 is 14.6 Å². The number of hydrogen-bond acceptors (Lipinski definition) is 3. The van der Waals surface area contributed by atoms with E-state index in [2.05, 4.69) is 0 Å². The van der Waals surface area contributed by atoms with E-state index in [0.29, 0.717) is 19.0 Å². The monoisotopic (exact) mass is 252 g/mol. The summed E-state index contributed by atoms with van der Waals surface area (Å²) in [7, 11) is 0. The highest BCUT2D eigenvalue weighted by molar-refractivity contribution is 5.87. The topological polar surface area (TPSA) is 55.8 Å². The van der Waals surface area contributed by atoms with Gasteiger partial charge in [0.25, 0.3) is 0 Å². The largest absolute Gasteiger partial charge is 0.494 e. The second-order valence-electron chi connectivity index (χ2n) is 4.99. The highest BCUT2D eigenvalue weighted by Gasteiger charge is 2.09. The number of rotatable bonds is 6. The minimum atomic E-state index is -0.930. The highest BCUT2D eigenvalue weighted by Crippen LogP contribution is 2.13. The van der Waals surface area contributed by atoms with E-state index in [1.165, 1.54) is 12.1 Å². The van der Waals surface area contributed by atoms with Gasteiger partial charge in [-0.3, -0.25) is 0 Å². The summed E-state index contributed by atoms with van der Waals surface area (Å²) >= 11 is 0. The Morgan fingerprint density at radius 3 is 2.28 bits per heavy atom. The molecular weight excluding hydrogens is 232 g/mol. The van der Waals surface area contributed by atoms with Crippen molar-refractivity contribution in [1.82, 2.24) is 0 Å². The standard InChI is InChI=1S/C14H20O4/c1-14(2,3)18-10-4-9-17-12-7-5-11(6-8-12)13(15)16/h5-8H,4,9-10H2,1-3H3,(H,15,16). The molecule has 0 atom stereocenters. The van der Waals surface area contributed by atoms with Crippen LogP contribution in [-0.4, -0.2) is 29.9 Å². The van der Waals surface area contributed by atoms with Crippen molar-refractivity contribution in [2.24, 2.45) is 0 Å². The molecule has 0 aliphatic heterocycles. The van der Waals surface area contributed by atoms with Gasteiger partial charge in [-0.05, 0) is 45.0 Å². The summed E-state index contributed by atoms with van der Waals surface area (Å²) in [5, 5.41) is 8.74. The summed E-state index contributed by atoms with van der Waals surface area (Å²) in [6, 6.07) is 6.38. The summed E-state index contributed by atoms with van der Waals surface area (Å²) in [4.78, 5) is 10.6. The number of aromatic carboxylic acids is 1. The first kappa shape index (κ1) is 14.5. The van der Waals surface area contributed by atoms with E-state index in [0.717, 1.165) is 6.42 Å². The molecule has 1 rings (SSSR count). The number of carboxylic acids is 1. The Kier molecular flexibility index (Phi) is 5.16. The number of ether oxygens (including phenoxy) is 2. The molecule has 0 radical (unpaired) electrons. The molecule has 0 spiro atoms. The van der Waals surface area contributed by atoms with Gasteiger partial charge >= 0.3 is 5.97 Å². The van der Waals surface area contributed by atoms with E-state index in [-0.39, 0.29) is 11.2 Å². The van der Waals surface area contributed by atoms with Crippen molar-refractivity contribution in [2.45, 2.75) is 32.8 Å². The predicted molar refractivity (Wildman–Crippen MR) is 69.2 cm³/mol.